The number of rotatable bonds is 8. The first-order chi connectivity index (χ1) is 20.7. The second-order valence-corrected chi connectivity index (χ2v) is 13.8. The second kappa shape index (κ2) is 11.6. The minimum Gasteiger partial charge on any atom is -0.321 e. The monoisotopic (exact) mass is 679 g/mol. The molecule has 0 spiro atoms. The number of hydrogen-bond acceptors (Lipinski definition) is 10. The number of benzene rings is 4. The molecule has 0 saturated carbocycles. The number of nitro benzene ring substituents is 1. The summed E-state index contributed by atoms with van der Waals surface area (Å²) in [5, 5.41) is 14.7. The van der Waals surface area contributed by atoms with Gasteiger partial charge < -0.3 is 10.6 Å². The first-order valence-corrected chi connectivity index (χ1v) is 16.5. The van der Waals surface area contributed by atoms with E-state index in [4.69, 9.17) is 0 Å². The van der Waals surface area contributed by atoms with Crippen LogP contribution in [0.15, 0.2) is 75.4 Å². The van der Waals surface area contributed by atoms with Crippen molar-refractivity contribution >= 4 is 70.0 Å². The van der Waals surface area contributed by atoms with Crippen LogP contribution in [-0.2, 0) is 30.4 Å². The molecule has 19 heteroatoms. The zero-order valence-corrected chi connectivity index (χ0v) is 25.3. The van der Waals surface area contributed by atoms with Crippen molar-refractivity contribution < 1.29 is 53.4 Å². The molecule has 0 bridgehead atoms. The molecule has 0 saturated heterocycles. The fraction of sp³-hybridized carbons (Fsp3) is 0.0769. The second-order valence-electron chi connectivity index (χ2n) is 9.62. The van der Waals surface area contributed by atoms with Gasteiger partial charge in [-0.25, -0.2) is 0 Å². The lowest BCUT2D eigenvalue weighted by Crippen LogP contribution is -2.20. The van der Waals surface area contributed by atoms with Gasteiger partial charge in [0.05, 0.1) is 26.8 Å². The van der Waals surface area contributed by atoms with Crippen LogP contribution < -0.4 is 10.6 Å². The lowest BCUT2D eigenvalue weighted by atomic mass is 10.1. The molecule has 0 radical (unpaired) electrons. The van der Waals surface area contributed by atoms with E-state index >= 15 is 0 Å². The molecule has 0 unspecified atom stereocenters. The molecule has 0 aromatic heterocycles. The summed E-state index contributed by atoms with van der Waals surface area (Å²) in [6.45, 7) is 3.19. The van der Waals surface area contributed by atoms with E-state index < -0.39 is 83.9 Å². The Kier molecular flexibility index (Phi) is 8.54. The molecule has 0 aliphatic carbocycles. The molecule has 2 amide bonds. The van der Waals surface area contributed by atoms with E-state index in [9.17, 15) is 58.6 Å². The van der Waals surface area contributed by atoms with Gasteiger partial charge in [0, 0.05) is 16.8 Å². The molecule has 236 valence electrons. The minimum absolute atomic E-state index is 0.144. The molecule has 4 aromatic carbocycles. The van der Waals surface area contributed by atoms with E-state index in [1.165, 1.54) is 36.4 Å². The van der Waals surface area contributed by atoms with Gasteiger partial charge in [-0.1, -0.05) is 12.1 Å². The Morgan fingerprint density at radius 2 is 1.20 bits per heavy atom. The molecule has 4 rings (SSSR count). The zero-order valence-electron chi connectivity index (χ0n) is 22.9. The topological polar surface area (TPSA) is 264 Å². The number of hydrogen-bond donors (Lipinski definition) is 5. The van der Waals surface area contributed by atoms with Gasteiger partial charge in [0.25, 0.3) is 47.9 Å². The largest absolute Gasteiger partial charge is 0.321 e. The van der Waals surface area contributed by atoms with E-state index in [-0.39, 0.29) is 16.8 Å². The first-order valence-electron chi connectivity index (χ1n) is 12.2. The summed E-state index contributed by atoms with van der Waals surface area (Å²) in [5.41, 5.74) is -0.697. The van der Waals surface area contributed by atoms with Gasteiger partial charge in [0.1, 0.15) is 15.4 Å². The molecule has 0 fully saturated rings. The Bertz CT molecular complexity index is 2280. The van der Waals surface area contributed by atoms with Gasteiger partial charge in [-0.15, -0.1) is 0 Å². The van der Waals surface area contributed by atoms with Crippen molar-refractivity contribution in [3.8, 4) is 0 Å². The lowest BCUT2D eigenvalue weighted by Gasteiger charge is -2.16. The third-order valence-corrected chi connectivity index (χ3v) is 9.00. The van der Waals surface area contributed by atoms with Crippen LogP contribution in [0.25, 0.3) is 10.8 Å². The molecule has 45 heavy (non-hydrogen) atoms. The Labute approximate surface area is 255 Å². The van der Waals surface area contributed by atoms with E-state index in [0.29, 0.717) is 29.3 Å². The maximum absolute atomic E-state index is 13.5. The van der Waals surface area contributed by atoms with Crippen LogP contribution in [-0.4, -0.2) is 55.6 Å². The molecule has 0 atom stereocenters. The van der Waals surface area contributed by atoms with E-state index in [2.05, 4.69) is 10.6 Å². The highest BCUT2D eigenvalue weighted by molar-refractivity contribution is 7.87. The average molecular weight is 680 g/mol. The summed E-state index contributed by atoms with van der Waals surface area (Å²) in [7, 11) is -15.8. The number of anilines is 2. The van der Waals surface area contributed by atoms with Crippen molar-refractivity contribution in [3.63, 3.8) is 0 Å². The Hall–Kier alpha value is -4.79. The number of carbonyl (C=O) groups excluding carboxylic acids is 2. The lowest BCUT2D eigenvalue weighted by molar-refractivity contribution is -0.385. The van der Waals surface area contributed by atoms with Gasteiger partial charge in [0.15, 0.2) is 0 Å². The third kappa shape index (κ3) is 6.98. The normalized spacial score (nSPS) is 12.1. The molecule has 0 aliphatic heterocycles. The first kappa shape index (κ1) is 33.1. The van der Waals surface area contributed by atoms with Crippen LogP contribution in [0.5, 0.6) is 0 Å². The summed E-state index contributed by atoms with van der Waals surface area (Å²) < 4.78 is 101. The van der Waals surface area contributed by atoms with Gasteiger partial charge >= 0.3 is 0 Å². The number of nitrogens with one attached hydrogen (secondary N) is 2. The average Bonchev–Trinajstić information content (AvgIpc) is 2.90. The number of nitrogens with zero attached hydrogens (tertiary/aromatic N) is 1. The number of amides is 2. The summed E-state index contributed by atoms with van der Waals surface area (Å²) in [4.78, 5) is 33.9. The van der Waals surface area contributed by atoms with Crippen molar-refractivity contribution in [1.82, 2.24) is 0 Å². The number of aryl methyl sites for hydroxylation is 2. The third-order valence-electron chi connectivity index (χ3n) is 6.38. The smallest absolute Gasteiger partial charge is 0.295 e. The Balaban J connectivity index is 1.88. The number of fused-ring (bicyclic) bond motifs is 1. The van der Waals surface area contributed by atoms with Crippen molar-refractivity contribution in [1.29, 1.82) is 0 Å². The highest BCUT2D eigenvalue weighted by atomic mass is 32.2. The minimum atomic E-state index is -5.39. The van der Waals surface area contributed by atoms with Crippen LogP contribution in [0.3, 0.4) is 0 Å². The van der Waals surface area contributed by atoms with Crippen LogP contribution in [0, 0.1) is 24.0 Å². The van der Waals surface area contributed by atoms with Gasteiger partial charge in [-0.05, 0) is 67.4 Å². The molecular weight excluding hydrogens is 658 g/mol. The van der Waals surface area contributed by atoms with Gasteiger partial charge in [-0.2, -0.15) is 25.3 Å². The molecular formula is C26H21N3O13S3. The highest BCUT2D eigenvalue weighted by Crippen LogP contribution is 2.37. The van der Waals surface area contributed by atoms with Gasteiger partial charge in [-0.3, -0.25) is 33.4 Å². The maximum Gasteiger partial charge on any atom is 0.295 e. The van der Waals surface area contributed by atoms with E-state index in [1.54, 1.807) is 13.8 Å². The SMILES string of the molecule is Cc1ccc(C(=O)Nc2ccc(S(=O)(=O)O)c3cc(S(=O)(=O)O)cc(S(=O)(=O)O)c23)c(NC(=O)c2ccc(C)cc2[N+](=O)[O-])c1. The quantitative estimate of drug-likeness (QED) is 0.101. The summed E-state index contributed by atoms with van der Waals surface area (Å²) >= 11 is 0. The number of carbonyl (C=O) groups is 2. The van der Waals surface area contributed by atoms with E-state index in [1.807, 2.05) is 0 Å². The highest BCUT2D eigenvalue weighted by Gasteiger charge is 2.28. The van der Waals surface area contributed by atoms with E-state index in [0.717, 1.165) is 6.07 Å². The fourth-order valence-electron chi connectivity index (χ4n) is 4.40. The van der Waals surface area contributed by atoms with Crippen molar-refractivity contribution in [2.75, 3.05) is 10.6 Å². The molecule has 0 heterocycles. The van der Waals surface area contributed by atoms with Gasteiger partial charge in [0.2, 0.25) is 0 Å². The summed E-state index contributed by atoms with van der Waals surface area (Å²) in [6.07, 6.45) is 0. The Morgan fingerprint density at radius 1 is 0.667 bits per heavy atom. The number of nitro groups is 1. The van der Waals surface area contributed by atoms with Crippen LogP contribution in [0.1, 0.15) is 31.8 Å². The summed E-state index contributed by atoms with van der Waals surface area (Å²) in [5.74, 6) is -2.00. The van der Waals surface area contributed by atoms with Crippen LogP contribution in [0.2, 0.25) is 0 Å². The summed E-state index contributed by atoms with van der Waals surface area (Å²) in [6, 6.07) is 10.3. The maximum atomic E-state index is 13.5. The van der Waals surface area contributed by atoms with Crippen molar-refractivity contribution in [2.45, 2.75) is 28.5 Å². The fourth-order valence-corrected chi connectivity index (χ4v) is 6.44. The van der Waals surface area contributed by atoms with Crippen LogP contribution in [0.4, 0.5) is 17.1 Å². The molecule has 5 N–H and O–H groups in total. The standard InChI is InChI=1S/C26H21N3O13S3/c1-13-3-5-16(20(9-13)28-26(31)17-6-4-14(2)10-21(17)29(32)33)25(30)27-19-7-8-22(44(37,38)39)18-11-15(43(34,35)36)12-23(24(18)19)45(40,41)42/h3-12H,1-2H3,(H,27,30)(H,28,31)(H,34,35,36)(H,37,38,39)(H,40,41,42). The predicted octanol–water partition coefficient (Wildman–Crippen LogP) is 3.61. The van der Waals surface area contributed by atoms with Crippen molar-refractivity contribution in [2.24, 2.45) is 0 Å². The Morgan fingerprint density at radius 3 is 1.76 bits per heavy atom. The van der Waals surface area contributed by atoms with Crippen molar-refractivity contribution in [3.05, 3.63) is 93.0 Å². The molecule has 4 aromatic rings. The molecule has 0 aliphatic rings. The van der Waals surface area contributed by atoms with Crippen LogP contribution >= 0.6 is 0 Å². The zero-order chi connectivity index (χ0) is 33.6. The molecule has 16 nitrogen and oxygen atoms in total. The predicted molar refractivity (Wildman–Crippen MR) is 158 cm³/mol.